The number of aromatic nitrogens is 1. The van der Waals surface area contributed by atoms with Gasteiger partial charge in [0, 0.05) is 11.7 Å². The first kappa shape index (κ1) is 10.7. The molecule has 0 spiro atoms. The summed E-state index contributed by atoms with van der Waals surface area (Å²) < 4.78 is 0. The van der Waals surface area contributed by atoms with Crippen LogP contribution in [0.2, 0.25) is 0 Å². The first-order valence-electron chi connectivity index (χ1n) is 4.79. The van der Waals surface area contributed by atoms with Gasteiger partial charge in [-0.05, 0) is 32.4 Å². The van der Waals surface area contributed by atoms with Crippen molar-refractivity contribution in [2.75, 3.05) is 0 Å². The maximum Gasteiger partial charge on any atom is 0.270 e. The number of nitrogens with zero attached hydrogens (tertiary/aromatic N) is 1. The fourth-order valence-electron chi connectivity index (χ4n) is 0.957. The van der Waals surface area contributed by atoms with Gasteiger partial charge in [-0.3, -0.25) is 9.78 Å². The van der Waals surface area contributed by atoms with Gasteiger partial charge in [0.1, 0.15) is 5.69 Å². The van der Waals surface area contributed by atoms with Crippen LogP contribution in [0.25, 0.3) is 0 Å². The zero-order chi connectivity index (χ0) is 10.6. The van der Waals surface area contributed by atoms with Gasteiger partial charge < -0.3 is 5.32 Å². The van der Waals surface area contributed by atoms with Crippen LogP contribution in [0.15, 0.2) is 24.4 Å². The van der Waals surface area contributed by atoms with E-state index in [1.807, 2.05) is 20.8 Å². The van der Waals surface area contributed by atoms with Gasteiger partial charge in [0.25, 0.3) is 5.91 Å². The zero-order valence-corrected chi connectivity index (χ0v) is 8.87. The summed E-state index contributed by atoms with van der Waals surface area (Å²) in [5, 5.41) is 2.92. The Bertz CT molecular complexity index is 306. The van der Waals surface area contributed by atoms with Crippen molar-refractivity contribution >= 4 is 5.91 Å². The molecule has 1 aromatic heterocycles. The van der Waals surface area contributed by atoms with E-state index in [1.165, 1.54) is 0 Å². The minimum absolute atomic E-state index is 0.113. The number of hydrogen-bond acceptors (Lipinski definition) is 2. The highest BCUT2D eigenvalue weighted by Gasteiger charge is 2.18. The Hall–Kier alpha value is -1.38. The van der Waals surface area contributed by atoms with Gasteiger partial charge in [-0.2, -0.15) is 0 Å². The largest absolute Gasteiger partial charge is 0.346 e. The first-order chi connectivity index (χ1) is 6.55. The average molecular weight is 192 g/mol. The number of amides is 1. The monoisotopic (exact) mass is 192 g/mol. The summed E-state index contributed by atoms with van der Waals surface area (Å²) in [6.45, 7) is 6.03. The maximum atomic E-state index is 11.6. The van der Waals surface area contributed by atoms with E-state index in [0.29, 0.717) is 5.69 Å². The average Bonchev–Trinajstić information content (AvgIpc) is 2.19. The van der Waals surface area contributed by atoms with Crippen LogP contribution < -0.4 is 5.32 Å². The smallest absolute Gasteiger partial charge is 0.270 e. The summed E-state index contributed by atoms with van der Waals surface area (Å²) in [6, 6.07) is 5.31. The van der Waals surface area contributed by atoms with E-state index in [1.54, 1.807) is 24.4 Å². The molecule has 0 saturated carbocycles. The second-order valence-electron chi connectivity index (χ2n) is 3.91. The Morgan fingerprint density at radius 2 is 2.21 bits per heavy atom. The number of carbonyl (C=O) groups excluding carboxylic acids is 1. The molecule has 0 bridgehead atoms. The minimum Gasteiger partial charge on any atom is -0.346 e. The molecule has 0 radical (unpaired) electrons. The quantitative estimate of drug-likeness (QED) is 0.795. The van der Waals surface area contributed by atoms with Gasteiger partial charge in [0.05, 0.1) is 0 Å². The van der Waals surface area contributed by atoms with E-state index in [2.05, 4.69) is 10.3 Å². The summed E-state index contributed by atoms with van der Waals surface area (Å²) in [4.78, 5) is 15.6. The number of nitrogens with one attached hydrogen (secondary N) is 1. The van der Waals surface area contributed by atoms with E-state index >= 15 is 0 Å². The Balaban J connectivity index is 2.69. The predicted molar refractivity (Wildman–Crippen MR) is 56.1 cm³/mol. The fraction of sp³-hybridized carbons (Fsp3) is 0.455. The van der Waals surface area contributed by atoms with E-state index in [4.69, 9.17) is 0 Å². The van der Waals surface area contributed by atoms with Gasteiger partial charge in [-0.15, -0.1) is 0 Å². The van der Waals surface area contributed by atoms with Crippen molar-refractivity contribution in [1.29, 1.82) is 0 Å². The fourth-order valence-corrected chi connectivity index (χ4v) is 0.957. The summed E-state index contributed by atoms with van der Waals surface area (Å²) in [7, 11) is 0. The van der Waals surface area contributed by atoms with Crippen molar-refractivity contribution in [2.24, 2.45) is 0 Å². The van der Waals surface area contributed by atoms with Gasteiger partial charge in [-0.25, -0.2) is 0 Å². The number of hydrogen-bond donors (Lipinski definition) is 1. The number of carbonyl (C=O) groups is 1. The Morgan fingerprint density at radius 1 is 1.50 bits per heavy atom. The Labute approximate surface area is 84.6 Å². The van der Waals surface area contributed by atoms with Crippen molar-refractivity contribution in [3.63, 3.8) is 0 Å². The number of pyridine rings is 1. The highest BCUT2D eigenvalue weighted by Crippen LogP contribution is 2.07. The highest BCUT2D eigenvalue weighted by molar-refractivity contribution is 5.92. The van der Waals surface area contributed by atoms with Crippen LogP contribution in [-0.2, 0) is 0 Å². The van der Waals surface area contributed by atoms with Crippen molar-refractivity contribution in [1.82, 2.24) is 10.3 Å². The van der Waals surface area contributed by atoms with Crippen LogP contribution in [0.4, 0.5) is 0 Å². The molecule has 1 rings (SSSR count). The molecule has 14 heavy (non-hydrogen) atoms. The van der Waals surface area contributed by atoms with E-state index in [0.717, 1.165) is 6.42 Å². The van der Waals surface area contributed by atoms with E-state index in [9.17, 15) is 4.79 Å². The van der Waals surface area contributed by atoms with Crippen molar-refractivity contribution in [3.8, 4) is 0 Å². The number of rotatable bonds is 3. The lowest BCUT2D eigenvalue weighted by Gasteiger charge is -2.24. The third-order valence-electron chi connectivity index (χ3n) is 2.23. The molecule has 3 nitrogen and oxygen atoms in total. The molecule has 0 aromatic carbocycles. The Morgan fingerprint density at radius 3 is 2.71 bits per heavy atom. The minimum atomic E-state index is -0.172. The van der Waals surface area contributed by atoms with Gasteiger partial charge in [0.15, 0.2) is 0 Å². The third kappa shape index (κ3) is 2.83. The van der Waals surface area contributed by atoms with Crippen LogP contribution in [0.1, 0.15) is 37.7 Å². The lowest BCUT2D eigenvalue weighted by Crippen LogP contribution is -2.43. The molecule has 0 saturated heterocycles. The molecule has 76 valence electrons. The highest BCUT2D eigenvalue weighted by atomic mass is 16.2. The predicted octanol–water partition coefficient (Wildman–Crippen LogP) is 2.00. The SMILES string of the molecule is CCC(C)(C)NC(=O)c1ccccn1. The molecule has 0 aliphatic rings. The summed E-state index contributed by atoms with van der Waals surface area (Å²) in [6.07, 6.45) is 2.51. The molecule has 1 N–H and O–H groups in total. The molecular formula is C11H16N2O. The zero-order valence-electron chi connectivity index (χ0n) is 8.87. The van der Waals surface area contributed by atoms with E-state index in [-0.39, 0.29) is 11.4 Å². The lowest BCUT2D eigenvalue weighted by atomic mass is 10.0. The summed E-state index contributed by atoms with van der Waals surface area (Å²) in [5.74, 6) is -0.113. The van der Waals surface area contributed by atoms with Crippen LogP contribution >= 0.6 is 0 Å². The van der Waals surface area contributed by atoms with Crippen LogP contribution in [-0.4, -0.2) is 16.4 Å². The van der Waals surface area contributed by atoms with E-state index < -0.39 is 0 Å². The summed E-state index contributed by atoms with van der Waals surface area (Å²) in [5.41, 5.74) is 0.295. The standard InChI is InChI=1S/C11H16N2O/c1-4-11(2,3)13-10(14)9-7-5-6-8-12-9/h5-8H,4H2,1-3H3,(H,13,14). The second-order valence-corrected chi connectivity index (χ2v) is 3.91. The van der Waals surface area contributed by atoms with Crippen molar-refractivity contribution in [2.45, 2.75) is 32.7 Å². The molecule has 0 aliphatic heterocycles. The topological polar surface area (TPSA) is 42.0 Å². The van der Waals surface area contributed by atoms with Gasteiger partial charge in [0.2, 0.25) is 0 Å². The van der Waals surface area contributed by atoms with Crippen LogP contribution in [0, 0.1) is 0 Å². The molecule has 0 aliphatic carbocycles. The third-order valence-corrected chi connectivity index (χ3v) is 2.23. The normalized spacial score (nSPS) is 11.1. The molecule has 3 heteroatoms. The molecular weight excluding hydrogens is 176 g/mol. The van der Waals surface area contributed by atoms with Crippen molar-refractivity contribution in [3.05, 3.63) is 30.1 Å². The van der Waals surface area contributed by atoms with Crippen LogP contribution in [0.3, 0.4) is 0 Å². The molecule has 0 fully saturated rings. The molecule has 0 atom stereocenters. The lowest BCUT2D eigenvalue weighted by molar-refractivity contribution is 0.0906. The Kier molecular flexibility index (Phi) is 3.23. The first-order valence-corrected chi connectivity index (χ1v) is 4.79. The van der Waals surface area contributed by atoms with Crippen LogP contribution in [0.5, 0.6) is 0 Å². The second kappa shape index (κ2) is 4.22. The molecule has 0 unspecified atom stereocenters. The molecule has 1 aromatic rings. The van der Waals surface area contributed by atoms with Gasteiger partial charge >= 0.3 is 0 Å². The summed E-state index contributed by atoms with van der Waals surface area (Å²) >= 11 is 0. The van der Waals surface area contributed by atoms with Crippen molar-refractivity contribution < 1.29 is 4.79 Å². The molecule has 1 heterocycles. The maximum absolute atomic E-state index is 11.6. The van der Waals surface area contributed by atoms with Gasteiger partial charge in [-0.1, -0.05) is 13.0 Å². The molecule has 1 amide bonds.